The number of aromatic hydroxyl groups is 1. The SMILES string of the molecule is CCCCCCCCCc1c(O)cc(Oc2ccccc2)cc1S(=O)(=O)O. The fraction of sp³-hybridized carbons (Fsp3) is 0.429. The minimum absolute atomic E-state index is 0.162. The summed E-state index contributed by atoms with van der Waals surface area (Å²) in [7, 11) is -4.47. The van der Waals surface area contributed by atoms with Gasteiger partial charge in [0.15, 0.2) is 0 Å². The number of para-hydroxylation sites is 1. The smallest absolute Gasteiger partial charge is 0.295 e. The number of phenols is 1. The Kier molecular flexibility index (Phi) is 8.13. The first-order valence-electron chi connectivity index (χ1n) is 9.48. The van der Waals surface area contributed by atoms with E-state index in [1.807, 2.05) is 6.07 Å². The molecule has 0 bridgehead atoms. The van der Waals surface area contributed by atoms with Crippen LogP contribution >= 0.6 is 0 Å². The molecule has 0 atom stereocenters. The van der Waals surface area contributed by atoms with E-state index in [4.69, 9.17) is 4.74 Å². The standard InChI is InChI=1S/C21H28O5S/c1-2-3-4-5-6-7-11-14-19-20(22)15-18(16-21(19)27(23,24)25)26-17-12-9-8-10-13-17/h8-10,12-13,15-16,22H,2-7,11,14H2,1H3,(H,23,24,25). The van der Waals surface area contributed by atoms with Gasteiger partial charge in [-0.1, -0.05) is 63.6 Å². The van der Waals surface area contributed by atoms with Crippen LogP contribution in [0, 0.1) is 0 Å². The van der Waals surface area contributed by atoms with Gasteiger partial charge in [-0.2, -0.15) is 8.42 Å². The van der Waals surface area contributed by atoms with Crippen LogP contribution in [0.25, 0.3) is 0 Å². The van der Waals surface area contributed by atoms with Gasteiger partial charge < -0.3 is 9.84 Å². The van der Waals surface area contributed by atoms with E-state index in [0.29, 0.717) is 12.2 Å². The van der Waals surface area contributed by atoms with Crippen LogP contribution in [-0.4, -0.2) is 18.1 Å². The summed E-state index contributed by atoms with van der Waals surface area (Å²) in [6.07, 6.45) is 7.98. The lowest BCUT2D eigenvalue weighted by atomic mass is 10.0. The molecule has 0 spiro atoms. The lowest BCUT2D eigenvalue weighted by Gasteiger charge is -2.13. The monoisotopic (exact) mass is 392 g/mol. The van der Waals surface area contributed by atoms with Crippen molar-refractivity contribution in [3.63, 3.8) is 0 Å². The van der Waals surface area contributed by atoms with Crippen molar-refractivity contribution in [3.8, 4) is 17.2 Å². The molecule has 148 valence electrons. The predicted octanol–water partition coefficient (Wildman–Crippen LogP) is 5.72. The quantitative estimate of drug-likeness (QED) is 0.377. The average molecular weight is 393 g/mol. The number of ether oxygens (including phenoxy) is 1. The van der Waals surface area contributed by atoms with Gasteiger partial charge in [-0.25, -0.2) is 0 Å². The molecule has 2 rings (SSSR count). The average Bonchev–Trinajstić information content (AvgIpc) is 2.62. The van der Waals surface area contributed by atoms with Crippen molar-refractivity contribution in [2.75, 3.05) is 0 Å². The molecule has 2 N–H and O–H groups in total. The van der Waals surface area contributed by atoms with Crippen molar-refractivity contribution < 1.29 is 22.8 Å². The lowest BCUT2D eigenvalue weighted by Crippen LogP contribution is -2.04. The third-order valence-corrected chi connectivity index (χ3v) is 5.37. The molecule has 0 aliphatic carbocycles. The molecule has 27 heavy (non-hydrogen) atoms. The molecule has 0 aromatic heterocycles. The second-order valence-corrected chi connectivity index (χ2v) is 8.07. The number of unbranched alkanes of at least 4 members (excludes halogenated alkanes) is 6. The highest BCUT2D eigenvalue weighted by molar-refractivity contribution is 7.85. The van der Waals surface area contributed by atoms with Crippen LogP contribution in [0.4, 0.5) is 0 Å². The molecular weight excluding hydrogens is 364 g/mol. The molecule has 0 radical (unpaired) electrons. The van der Waals surface area contributed by atoms with Crippen molar-refractivity contribution in [1.82, 2.24) is 0 Å². The minimum Gasteiger partial charge on any atom is -0.507 e. The summed E-state index contributed by atoms with van der Waals surface area (Å²) in [5.41, 5.74) is 0.242. The van der Waals surface area contributed by atoms with Crippen molar-refractivity contribution in [2.45, 2.75) is 63.2 Å². The Labute approximate surface area is 161 Å². The van der Waals surface area contributed by atoms with E-state index in [-0.39, 0.29) is 22.0 Å². The molecule has 0 heterocycles. The van der Waals surface area contributed by atoms with E-state index >= 15 is 0 Å². The Bertz CT molecular complexity index is 816. The molecule has 2 aromatic carbocycles. The number of benzene rings is 2. The van der Waals surface area contributed by atoms with Crippen LogP contribution in [0.3, 0.4) is 0 Å². The minimum atomic E-state index is -4.47. The third-order valence-electron chi connectivity index (χ3n) is 4.45. The summed E-state index contributed by atoms with van der Waals surface area (Å²) in [6.45, 7) is 2.17. The van der Waals surface area contributed by atoms with E-state index in [2.05, 4.69) is 6.92 Å². The second-order valence-electron chi connectivity index (χ2n) is 6.68. The zero-order valence-electron chi connectivity index (χ0n) is 15.7. The van der Waals surface area contributed by atoms with Gasteiger partial charge in [0.05, 0.1) is 0 Å². The topological polar surface area (TPSA) is 83.8 Å². The van der Waals surface area contributed by atoms with E-state index < -0.39 is 10.1 Å². The summed E-state index contributed by atoms with van der Waals surface area (Å²) < 4.78 is 38.8. The first kappa shape index (κ1) is 21.3. The maximum atomic E-state index is 11.8. The van der Waals surface area contributed by atoms with Crippen LogP contribution in [0.1, 0.15) is 57.4 Å². The Morgan fingerprint density at radius 2 is 1.52 bits per heavy atom. The van der Waals surface area contributed by atoms with Crippen molar-refractivity contribution >= 4 is 10.1 Å². The zero-order chi connectivity index (χ0) is 19.7. The Balaban J connectivity index is 2.10. The van der Waals surface area contributed by atoms with Gasteiger partial charge >= 0.3 is 0 Å². The second kappa shape index (κ2) is 10.3. The molecule has 0 aliphatic rings. The van der Waals surface area contributed by atoms with Crippen LogP contribution in [-0.2, 0) is 16.5 Å². The summed E-state index contributed by atoms with van der Waals surface area (Å²) >= 11 is 0. The molecule has 0 saturated carbocycles. The number of rotatable bonds is 11. The molecule has 0 fully saturated rings. The van der Waals surface area contributed by atoms with Crippen LogP contribution < -0.4 is 4.74 Å². The highest BCUT2D eigenvalue weighted by Gasteiger charge is 2.20. The van der Waals surface area contributed by atoms with E-state index in [9.17, 15) is 18.1 Å². The molecule has 2 aromatic rings. The first-order valence-corrected chi connectivity index (χ1v) is 10.9. The summed E-state index contributed by atoms with van der Waals surface area (Å²) in [6, 6.07) is 11.5. The number of phenolic OH excluding ortho intramolecular Hbond substituents is 1. The fourth-order valence-corrected chi connectivity index (χ4v) is 3.81. The number of hydrogen-bond acceptors (Lipinski definition) is 4. The highest BCUT2D eigenvalue weighted by Crippen LogP contribution is 2.34. The van der Waals surface area contributed by atoms with Gasteiger partial charge in [0.2, 0.25) is 0 Å². The van der Waals surface area contributed by atoms with E-state index in [1.165, 1.54) is 31.4 Å². The predicted molar refractivity (Wildman–Crippen MR) is 106 cm³/mol. The van der Waals surface area contributed by atoms with Gasteiger partial charge in [-0.05, 0) is 25.0 Å². The highest BCUT2D eigenvalue weighted by atomic mass is 32.2. The molecule has 6 heteroatoms. The maximum Gasteiger partial charge on any atom is 0.295 e. The molecule has 0 amide bonds. The van der Waals surface area contributed by atoms with Crippen molar-refractivity contribution in [3.05, 3.63) is 48.0 Å². The van der Waals surface area contributed by atoms with Crippen LogP contribution in [0.15, 0.2) is 47.4 Å². The summed E-state index contributed by atoms with van der Waals surface area (Å²) in [4.78, 5) is -0.292. The van der Waals surface area contributed by atoms with Gasteiger partial charge in [0.1, 0.15) is 22.1 Å². The Hall–Kier alpha value is -2.05. The molecule has 0 aliphatic heterocycles. The normalized spacial score (nSPS) is 11.5. The fourth-order valence-electron chi connectivity index (χ4n) is 3.03. The van der Waals surface area contributed by atoms with Gasteiger partial charge in [0.25, 0.3) is 10.1 Å². The van der Waals surface area contributed by atoms with Gasteiger partial charge in [0, 0.05) is 17.7 Å². The van der Waals surface area contributed by atoms with Crippen molar-refractivity contribution in [2.24, 2.45) is 0 Å². The maximum absolute atomic E-state index is 11.8. The largest absolute Gasteiger partial charge is 0.507 e. The molecule has 0 saturated heterocycles. The van der Waals surface area contributed by atoms with Crippen molar-refractivity contribution in [1.29, 1.82) is 0 Å². The zero-order valence-corrected chi connectivity index (χ0v) is 16.5. The molecule has 5 nitrogen and oxygen atoms in total. The first-order chi connectivity index (χ1) is 12.9. The lowest BCUT2D eigenvalue weighted by molar-refractivity contribution is 0.438. The van der Waals surface area contributed by atoms with Crippen LogP contribution in [0.5, 0.6) is 17.2 Å². The van der Waals surface area contributed by atoms with E-state index in [0.717, 1.165) is 25.7 Å². The van der Waals surface area contributed by atoms with Gasteiger partial charge in [-0.15, -0.1) is 0 Å². The molecular formula is C21H28O5S. The Morgan fingerprint density at radius 1 is 0.889 bits per heavy atom. The Morgan fingerprint density at radius 3 is 2.15 bits per heavy atom. The van der Waals surface area contributed by atoms with Gasteiger partial charge in [-0.3, -0.25) is 4.55 Å². The summed E-state index contributed by atoms with van der Waals surface area (Å²) in [5.74, 6) is 0.495. The van der Waals surface area contributed by atoms with Crippen LogP contribution in [0.2, 0.25) is 0 Å². The van der Waals surface area contributed by atoms with E-state index in [1.54, 1.807) is 24.3 Å². The summed E-state index contributed by atoms with van der Waals surface area (Å²) in [5, 5.41) is 10.3. The molecule has 0 unspecified atom stereocenters. The number of hydrogen-bond donors (Lipinski definition) is 2. The third kappa shape index (κ3) is 6.88.